The molecule has 0 aliphatic heterocycles. The Morgan fingerprint density at radius 3 is 2.79 bits per heavy atom. The van der Waals surface area contributed by atoms with Crippen molar-refractivity contribution < 1.29 is 0 Å². The number of aryl methyl sites for hydroxylation is 1. The van der Waals surface area contributed by atoms with Gasteiger partial charge in [-0.2, -0.15) is 0 Å². The van der Waals surface area contributed by atoms with Crippen LogP contribution in [0.4, 0.5) is 0 Å². The first kappa shape index (κ1) is 8.74. The minimum atomic E-state index is -0.0814. The Morgan fingerprint density at radius 2 is 2.14 bits per heavy atom. The normalized spacial score (nSPS) is 10.4. The zero-order valence-corrected chi connectivity index (χ0v) is 8.09. The van der Waals surface area contributed by atoms with Gasteiger partial charge in [0, 0.05) is 11.8 Å². The quantitative estimate of drug-likeness (QED) is 0.712. The fraction of sp³-hybridized carbons (Fsp3) is 0.200. The SMILES string of the molecule is Cc1nc(-c2ccc[nH]2)c(C)c(=O)[nH]1. The van der Waals surface area contributed by atoms with Gasteiger partial charge in [-0.15, -0.1) is 0 Å². The highest BCUT2D eigenvalue weighted by atomic mass is 16.1. The van der Waals surface area contributed by atoms with Gasteiger partial charge in [0.05, 0.1) is 11.4 Å². The van der Waals surface area contributed by atoms with E-state index in [1.54, 1.807) is 13.8 Å². The highest BCUT2D eigenvalue weighted by Crippen LogP contribution is 2.15. The Balaban J connectivity index is 2.70. The Bertz CT molecular complexity index is 497. The van der Waals surface area contributed by atoms with Crippen LogP contribution in [0.1, 0.15) is 11.4 Å². The average Bonchev–Trinajstić information content (AvgIpc) is 2.63. The van der Waals surface area contributed by atoms with Crippen LogP contribution in [0.3, 0.4) is 0 Å². The van der Waals surface area contributed by atoms with Gasteiger partial charge in [-0.05, 0) is 26.0 Å². The summed E-state index contributed by atoms with van der Waals surface area (Å²) in [6.45, 7) is 3.54. The molecule has 0 bridgehead atoms. The fourth-order valence-electron chi connectivity index (χ4n) is 1.38. The number of hydrogen-bond donors (Lipinski definition) is 2. The molecule has 0 saturated heterocycles. The molecule has 0 saturated carbocycles. The molecular formula is C10H11N3O. The Labute approximate surface area is 81.0 Å². The van der Waals surface area contributed by atoms with Crippen LogP contribution >= 0.6 is 0 Å². The van der Waals surface area contributed by atoms with Crippen molar-refractivity contribution in [3.63, 3.8) is 0 Å². The summed E-state index contributed by atoms with van der Waals surface area (Å²) in [5.74, 6) is 0.630. The number of rotatable bonds is 1. The molecule has 2 N–H and O–H groups in total. The summed E-state index contributed by atoms with van der Waals surface area (Å²) in [5, 5.41) is 0. The van der Waals surface area contributed by atoms with Crippen molar-refractivity contribution in [1.82, 2.24) is 15.0 Å². The first-order chi connectivity index (χ1) is 6.68. The van der Waals surface area contributed by atoms with Gasteiger partial charge < -0.3 is 9.97 Å². The smallest absolute Gasteiger partial charge is 0.254 e. The van der Waals surface area contributed by atoms with Crippen molar-refractivity contribution in [3.8, 4) is 11.4 Å². The highest BCUT2D eigenvalue weighted by Gasteiger charge is 2.07. The first-order valence-corrected chi connectivity index (χ1v) is 4.40. The van der Waals surface area contributed by atoms with Gasteiger partial charge in [0.15, 0.2) is 0 Å². The maximum Gasteiger partial charge on any atom is 0.254 e. The summed E-state index contributed by atoms with van der Waals surface area (Å²) < 4.78 is 0. The molecule has 0 aromatic carbocycles. The van der Waals surface area contributed by atoms with Crippen LogP contribution in [0.5, 0.6) is 0 Å². The largest absolute Gasteiger partial charge is 0.360 e. The van der Waals surface area contributed by atoms with Crippen LogP contribution in [0.15, 0.2) is 23.1 Å². The number of hydrogen-bond acceptors (Lipinski definition) is 2. The van der Waals surface area contributed by atoms with Crippen molar-refractivity contribution in [2.24, 2.45) is 0 Å². The Morgan fingerprint density at radius 1 is 1.36 bits per heavy atom. The Kier molecular flexibility index (Phi) is 1.96. The van der Waals surface area contributed by atoms with E-state index in [4.69, 9.17) is 0 Å². The lowest BCUT2D eigenvalue weighted by molar-refractivity contribution is 0.995. The van der Waals surface area contributed by atoms with E-state index in [2.05, 4.69) is 15.0 Å². The van der Waals surface area contributed by atoms with Crippen molar-refractivity contribution in [2.45, 2.75) is 13.8 Å². The summed E-state index contributed by atoms with van der Waals surface area (Å²) in [6, 6.07) is 3.78. The van der Waals surface area contributed by atoms with E-state index in [-0.39, 0.29) is 5.56 Å². The second kappa shape index (κ2) is 3.14. The maximum atomic E-state index is 11.4. The summed E-state index contributed by atoms with van der Waals surface area (Å²) >= 11 is 0. The van der Waals surface area contributed by atoms with Crippen molar-refractivity contribution in [1.29, 1.82) is 0 Å². The number of nitrogens with one attached hydrogen (secondary N) is 2. The lowest BCUT2D eigenvalue weighted by atomic mass is 10.2. The minimum Gasteiger partial charge on any atom is -0.360 e. The van der Waals surface area contributed by atoms with Gasteiger partial charge in [-0.3, -0.25) is 4.79 Å². The fourth-order valence-corrected chi connectivity index (χ4v) is 1.38. The molecule has 0 unspecified atom stereocenters. The molecule has 2 rings (SSSR count). The van der Waals surface area contributed by atoms with E-state index in [1.165, 1.54) is 0 Å². The molecule has 4 nitrogen and oxygen atoms in total. The predicted octanol–water partition coefficient (Wildman–Crippen LogP) is 1.38. The lowest BCUT2D eigenvalue weighted by Gasteiger charge is -2.02. The molecule has 2 aromatic heterocycles. The van der Waals surface area contributed by atoms with Gasteiger partial charge >= 0.3 is 0 Å². The van der Waals surface area contributed by atoms with Crippen LogP contribution in [-0.4, -0.2) is 15.0 Å². The second-order valence-electron chi connectivity index (χ2n) is 3.21. The molecule has 0 radical (unpaired) electrons. The first-order valence-electron chi connectivity index (χ1n) is 4.40. The third-order valence-corrected chi connectivity index (χ3v) is 2.12. The van der Waals surface area contributed by atoms with Gasteiger partial charge in [0.2, 0.25) is 0 Å². The molecular weight excluding hydrogens is 178 g/mol. The molecule has 4 heteroatoms. The molecule has 0 amide bonds. The minimum absolute atomic E-state index is 0.0814. The standard InChI is InChI=1S/C10H11N3O/c1-6-9(8-4-3-5-11-8)12-7(2)13-10(6)14/h3-5,11H,1-2H3,(H,12,13,14). The number of aromatic nitrogens is 3. The topological polar surface area (TPSA) is 61.5 Å². The molecule has 0 aliphatic rings. The summed E-state index contributed by atoms with van der Waals surface area (Å²) in [5.41, 5.74) is 2.15. The van der Waals surface area contributed by atoms with Crippen LogP contribution in [0, 0.1) is 13.8 Å². The summed E-state index contributed by atoms with van der Waals surface area (Å²) in [4.78, 5) is 21.4. The summed E-state index contributed by atoms with van der Waals surface area (Å²) in [7, 11) is 0. The number of nitrogens with zero attached hydrogens (tertiary/aromatic N) is 1. The van der Waals surface area contributed by atoms with E-state index < -0.39 is 0 Å². The molecule has 2 aromatic rings. The molecule has 72 valence electrons. The third kappa shape index (κ3) is 1.35. The van der Waals surface area contributed by atoms with Gasteiger partial charge in [0.1, 0.15) is 5.82 Å². The third-order valence-electron chi connectivity index (χ3n) is 2.12. The Hall–Kier alpha value is -1.84. The van der Waals surface area contributed by atoms with Crippen molar-refractivity contribution in [2.75, 3.05) is 0 Å². The lowest BCUT2D eigenvalue weighted by Crippen LogP contribution is -2.14. The number of H-pyrrole nitrogens is 2. The van der Waals surface area contributed by atoms with E-state index in [1.807, 2.05) is 18.3 Å². The van der Waals surface area contributed by atoms with E-state index in [0.717, 1.165) is 11.4 Å². The van der Waals surface area contributed by atoms with E-state index in [0.29, 0.717) is 11.4 Å². The molecule has 0 fully saturated rings. The van der Waals surface area contributed by atoms with Crippen molar-refractivity contribution >= 4 is 0 Å². The molecule has 2 heterocycles. The van der Waals surface area contributed by atoms with Crippen LogP contribution in [-0.2, 0) is 0 Å². The van der Waals surface area contributed by atoms with Crippen molar-refractivity contribution in [3.05, 3.63) is 40.1 Å². The zero-order chi connectivity index (χ0) is 10.1. The molecule has 0 spiro atoms. The number of aromatic amines is 2. The second-order valence-corrected chi connectivity index (χ2v) is 3.21. The van der Waals surface area contributed by atoms with Gasteiger partial charge in [0.25, 0.3) is 5.56 Å². The molecule has 0 atom stereocenters. The predicted molar refractivity (Wildman–Crippen MR) is 54.1 cm³/mol. The van der Waals surface area contributed by atoms with Crippen LogP contribution in [0.2, 0.25) is 0 Å². The van der Waals surface area contributed by atoms with Crippen LogP contribution in [0.25, 0.3) is 11.4 Å². The van der Waals surface area contributed by atoms with E-state index in [9.17, 15) is 4.79 Å². The van der Waals surface area contributed by atoms with Crippen LogP contribution < -0.4 is 5.56 Å². The molecule has 14 heavy (non-hydrogen) atoms. The summed E-state index contributed by atoms with van der Waals surface area (Å²) in [6.07, 6.45) is 1.81. The highest BCUT2D eigenvalue weighted by molar-refractivity contribution is 5.57. The van der Waals surface area contributed by atoms with Gasteiger partial charge in [-0.1, -0.05) is 0 Å². The average molecular weight is 189 g/mol. The van der Waals surface area contributed by atoms with E-state index >= 15 is 0 Å². The maximum absolute atomic E-state index is 11.4. The molecule has 0 aliphatic carbocycles. The zero-order valence-electron chi connectivity index (χ0n) is 8.09. The monoisotopic (exact) mass is 189 g/mol. The van der Waals surface area contributed by atoms with Gasteiger partial charge in [-0.25, -0.2) is 4.98 Å².